The van der Waals surface area contributed by atoms with Crippen LogP contribution < -0.4 is 15.4 Å². The third-order valence-electron chi connectivity index (χ3n) is 3.79. The molecular formula is C18H30N4OS. The van der Waals surface area contributed by atoms with Crippen LogP contribution in [0.5, 0.6) is 5.88 Å². The number of pyridine rings is 1. The van der Waals surface area contributed by atoms with Crippen molar-refractivity contribution in [2.45, 2.75) is 39.2 Å². The first-order chi connectivity index (χ1) is 11.8. The lowest BCUT2D eigenvalue weighted by Gasteiger charge is -2.11. The van der Waals surface area contributed by atoms with Crippen molar-refractivity contribution in [1.82, 2.24) is 15.6 Å². The van der Waals surface area contributed by atoms with Crippen LogP contribution in [0.4, 0.5) is 0 Å². The van der Waals surface area contributed by atoms with E-state index in [0.717, 1.165) is 37.1 Å². The lowest BCUT2D eigenvalue weighted by Crippen LogP contribution is -2.37. The van der Waals surface area contributed by atoms with Gasteiger partial charge in [-0.1, -0.05) is 0 Å². The first-order valence-corrected chi connectivity index (χ1v) is 10.3. The van der Waals surface area contributed by atoms with E-state index in [1.54, 1.807) is 6.20 Å². The van der Waals surface area contributed by atoms with Gasteiger partial charge in [-0.05, 0) is 62.2 Å². The minimum atomic E-state index is 0.627. The summed E-state index contributed by atoms with van der Waals surface area (Å²) in [6.07, 6.45) is 8.93. The Hall–Kier alpha value is -1.43. The van der Waals surface area contributed by atoms with Gasteiger partial charge in [0, 0.05) is 25.4 Å². The summed E-state index contributed by atoms with van der Waals surface area (Å²) in [7, 11) is 0. The normalized spacial score (nSPS) is 14.5. The summed E-state index contributed by atoms with van der Waals surface area (Å²) in [5.74, 6) is 3.54. The third kappa shape index (κ3) is 7.90. The minimum absolute atomic E-state index is 0.627. The Kier molecular flexibility index (Phi) is 8.81. The van der Waals surface area contributed by atoms with Gasteiger partial charge in [0.15, 0.2) is 5.96 Å². The van der Waals surface area contributed by atoms with Crippen molar-refractivity contribution in [3.8, 4) is 5.88 Å². The molecule has 0 aliphatic heterocycles. The molecular weight excluding hydrogens is 320 g/mol. The highest BCUT2D eigenvalue weighted by atomic mass is 32.2. The third-order valence-corrected chi connectivity index (χ3v) is 4.49. The zero-order valence-electron chi connectivity index (χ0n) is 14.9. The second-order valence-electron chi connectivity index (χ2n) is 6.08. The average Bonchev–Trinajstić information content (AvgIpc) is 3.42. The first-order valence-electron chi connectivity index (χ1n) is 8.90. The number of rotatable bonds is 11. The molecule has 1 aliphatic rings. The number of nitrogens with zero attached hydrogens (tertiary/aromatic N) is 2. The number of ether oxygens (including phenoxy) is 1. The summed E-state index contributed by atoms with van der Waals surface area (Å²) in [5.41, 5.74) is 1.12. The van der Waals surface area contributed by atoms with Gasteiger partial charge in [-0.15, -0.1) is 0 Å². The number of thioether (sulfide) groups is 1. The molecule has 5 nitrogen and oxygen atoms in total. The van der Waals surface area contributed by atoms with Crippen LogP contribution in [0.25, 0.3) is 0 Å². The number of aromatic nitrogens is 1. The van der Waals surface area contributed by atoms with Crippen LogP contribution in [-0.2, 0) is 6.54 Å². The van der Waals surface area contributed by atoms with E-state index in [1.165, 1.54) is 31.4 Å². The smallest absolute Gasteiger partial charge is 0.213 e. The monoisotopic (exact) mass is 350 g/mol. The number of nitrogens with one attached hydrogen (secondary N) is 2. The van der Waals surface area contributed by atoms with Crippen molar-refractivity contribution >= 4 is 17.7 Å². The van der Waals surface area contributed by atoms with Gasteiger partial charge in [-0.25, -0.2) is 9.98 Å². The summed E-state index contributed by atoms with van der Waals surface area (Å²) in [4.78, 5) is 8.93. The molecule has 2 N–H and O–H groups in total. The molecule has 0 unspecified atom stereocenters. The summed E-state index contributed by atoms with van der Waals surface area (Å²) in [6.45, 7) is 5.32. The van der Waals surface area contributed by atoms with Crippen molar-refractivity contribution in [2.75, 3.05) is 31.7 Å². The predicted octanol–water partition coefficient (Wildman–Crippen LogP) is 3.07. The Labute approximate surface area is 150 Å². The lowest BCUT2D eigenvalue weighted by molar-refractivity contribution is 0.288. The molecule has 1 fully saturated rings. The summed E-state index contributed by atoms with van der Waals surface area (Å²) < 4.78 is 5.73. The van der Waals surface area contributed by atoms with E-state index in [2.05, 4.69) is 33.8 Å². The van der Waals surface area contributed by atoms with Crippen LogP contribution in [0.1, 0.15) is 38.2 Å². The fourth-order valence-electron chi connectivity index (χ4n) is 2.21. The van der Waals surface area contributed by atoms with Crippen LogP contribution in [0.3, 0.4) is 0 Å². The lowest BCUT2D eigenvalue weighted by atomic mass is 10.3. The zero-order chi connectivity index (χ0) is 17.0. The maximum absolute atomic E-state index is 5.73. The zero-order valence-corrected chi connectivity index (χ0v) is 15.7. The number of hydrogen-bond acceptors (Lipinski definition) is 4. The molecule has 1 saturated carbocycles. The second kappa shape index (κ2) is 11.2. The predicted molar refractivity (Wildman–Crippen MR) is 103 cm³/mol. The molecule has 0 atom stereocenters. The van der Waals surface area contributed by atoms with Gasteiger partial charge in [0.25, 0.3) is 0 Å². The highest BCUT2D eigenvalue weighted by Gasteiger charge is 2.22. The molecule has 0 amide bonds. The number of unbranched alkanes of at least 4 members (excludes halogenated alkanes) is 1. The molecule has 6 heteroatoms. The molecule has 0 saturated heterocycles. The Bertz CT molecular complexity index is 506. The highest BCUT2D eigenvalue weighted by molar-refractivity contribution is 7.98. The van der Waals surface area contributed by atoms with Crippen molar-refractivity contribution in [1.29, 1.82) is 0 Å². The average molecular weight is 351 g/mol. The molecule has 1 aliphatic carbocycles. The van der Waals surface area contributed by atoms with E-state index in [-0.39, 0.29) is 0 Å². The second-order valence-corrected chi connectivity index (χ2v) is 7.06. The molecule has 1 aromatic rings. The Morgan fingerprint density at radius 2 is 2.25 bits per heavy atom. The van der Waals surface area contributed by atoms with Crippen molar-refractivity contribution < 1.29 is 4.74 Å². The Balaban J connectivity index is 1.79. The maximum atomic E-state index is 5.73. The molecule has 0 bridgehead atoms. The van der Waals surface area contributed by atoms with Crippen LogP contribution >= 0.6 is 11.8 Å². The van der Waals surface area contributed by atoms with E-state index in [9.17, 15) is 0 Å². The van der Waals surface area contributed by atoms with Crippen molar-refractivity contribution in [3.63, 3.8) is 0 Å². The number of aliphatic imine (C=N–C) groups is 1. The Morgan fingerprint density at radius 3 is 3.00 bits per heavy atom. The van der Waals surface area contributed by atoms with Gasteiger partial charge in [-0.3, -0.25) is 0 Å². The van der Waals surface area contributed by atoms with E-state index < -0.39 is 0 Å². The topological polar surface area (TPSA) is 58.5 Å². The van der Waals surface area contributed by atoms with Crippen LogP contribution in [-0.4, -0.2) is 42.6 Å². The Morgan fingerprint density at radius 1 is 1.38 bits per heavy atom. The van der Waals surface area contributed by atoms with Gasteiger partial charge in [0.05, 0.1) is 13.2 Å². The summed E-state index contributed by atoms with van der Waals surface area (Å²) >= 11 is 1.90. The van der Waals surface area contributed by atoms with E-state index in [1.807, 2.05) is 23.9 Å². The molecule has 2 rings (SSSR count). The van der Waals surface area contributed by atoms with Crippen LogP contribution in [0.15, 0.2) is 23.3 Å². The standard InChI is InChI=1S/C18H30N4OS/c1-3-19-18(21-9-4-5-11-24-2)22-13-16-8-10-20-17(12-16)23-14-15-6-7-15/h8,10,12,15H,3-7,9,11,13-14H2,1-2H3,(H2,19,21,22). The van der Waals surface area contributed by atoms with Gasteiger partial charge in [0.2, 0.25) is 5.88 Å². The molecule has 1 aromatic heterocycles. The fraction of sp³-hybridized carbons (Fsp3) is 0.667. The molecule has 134 valence electrons. The molecule has 0 radical (unpaired) electrons. The van der Waals surface area contributed by atoms with Gasteiger partial charge in [-0.2, -0.15) is 11.8 Å². The SMILES string of the molecule is CCNC(=NCc1ccnc(OCC2CC2)c1)NCCCCSC. The maximum Gasteiger partial charge on any atom is 0.213 e. The number of hydrogen-bond donors (Lipinski definition) is 2. The molecule has 0 aromatic carbocycles. The van der Waals surface area contributed by atoms with Gasteiger partial charge >= 0.3 is 0 Å². The largest absolute Gasteiger partial charge is 0.477 e. The van der Waals surface area contributed by atoms with Crippen molar-refractivity contribution in [2.24, 2.45) is 10.9 Å². The highest BCUT2D eigenvalue weighted by Crippen LogP contribution is 2.29. The summed E-state index contributed by atoms with van der Waals surface area (Å²) in [5, 5.41) is 6.69. The molecule has 1 heterocycles. The van der Waals surface area contributed by atoms with Crippen LogP contribution in [0, 0.1) is 5.92 Å². The first kappa shape index (κ1) is 18.9. The van der Waals surface area contributed by atoms with E-state index >= 15 is 0 Å². The van der Waals surface area contributed by atoms with Gasteiger partial charge in [0.1, 0.15) is 0 Å². The summed E-state index contributed by atoms with van der Waals surface area (Å²) in [6, 6.07) is 3.99. The number of guanidine groups is 1. The van der Waals surface area contributed by atoms with Gasteiger partial charge < -0.3 is 15.4 Å². The molecule has 24 heavy (non-hydrogen) atoms. The van der Waals surface area contributed by atoms with Crippen molar-refractivity contribution in [3.05, 3.63) is 23.9 Å². The van der Waals surface area contributed by atoms with Crippen LogP contribution in [0.2, 0.25) is 0 Å². The van der Waals surface area contributed by atoms with E-state index in [4.69, 9.17) is 4.74 Å². The van der Waals surface area contributed by atoms with E-state index in [0.29, 0.717) is 12.4 Å². The molecule has 0 spiro atoms. The fourth-order valence-corrected chi connectivity index (χ4v) is 2.70. The quantitative estimate of drug-likeness (QED) is 0.365. The minimum Gasteiger partial charge on any atom is -0.477 e.